The number of nitrogens with one attached hydrogen (secondary N) is 1. The summed E-state index contributed by atoms with van der Waals surface area (Å²) in [5.41, 5.74) is 1.07. The first-order valence-electron chi connectivity index (χ1n) is 6.35. The number of carbonyl (C=O) groups excluding carboxylic acids is 1. The molecule has 1 aliphatic heterocycles. The first-order valence-corrected chi connectivity index (χ1v) is 6.35. The van der Waals surface area contributed by atoms with Crippen molar-refractivity contribution in [2.24, 2.45) is 0 Å². The lowest BCUT2D eigenvalue weighted by Crippen LogP contribution is -2.33. The quantitative estimate of drug-likeness (QED) is 0.895. The van der Waals surface area contributed by atoms with Crippen molar-refractivity contribution in [2.75, 3.05) is 13.2 Å². The van der Waals surface area contributed by atoms with Gasteiger partial charge in [0.25, 0.3) is 0 Å². The lowest BCUT2D eigenvalue weighted by atomic mass is 10.1. The number of alkyl carbamates (subject to hydrolysis) is 1. The van der Waals surface area contributed by atoms with Crippen molar-refractivity contribution < 1.29 is 14.3 Å². The smallest absolute Gasteiger partial charge is 0.407 e. The van der Waals surface area contributed by atoms with Crippen molar-refractivity contribution in [3.05, 3.63) is 35.9 Å². The van der Waals surface area contributed by atoms with Gasteiger partial charge in [-0.25, -0.2) is 4.79 Å². The molecule has 1 atom stereocenters. The van der Waals surface area contributed by atoms with Gasteiger partial charge in [0.2, 0.25) is 0 Å². The molecule has 1 saturated heterocycles. The zero-order chi connectivity index (χ0) is 12.8. The molecule has 2 rings (SSSR count). The van der Waals surface area contributed by atoms with E-state index in [1.807, 2.05) is 37.3 Å². The maximum atomic E-state index is 11.7. The van der Waals surface area contributed by atoms with Crippen LogP contribution in [0.1, 0.15) is 31.4 Å². The van der Waals surface area contributed by atoms with Crippen LogP contribution in [0.4, 0.5) is 4.79 Å². The summed E-state index contributed by atoms with van der Waals surface area (Å²) in [4.78, 5) is 11.7. The highest BCUT2D eigenvalue weighted by atomic mass is 16.6. The molecule has 0 radical (unpaired) electrons. The molecule has 1 aromatic carbocycles. The van der Waals surface area contributed by atoms with E-state index < -0.39 is 0 Å². The third-order valence-corrected chi connectivity index (χ3v) is 3.08. The summed E-state index contributed by atoms with van der Waals surface area (Å²) >= 11 is 0. The molecule has 1 unspecified atom stereocenters. The molecule has 0 aromatic heterocycles. The fraction of sp³-hybridized carbons (Fsp3) is 0.500. The molecular formula is C14H19NO3. The average Bonchev–Trinajstić information content (AvgIpc) is 2.40. The fourth-order valence-electron chi connectivity index (χ4n) is 1.98. The number of amides is 1. The Labute approximate surface area is 107 Å². The van der Waals surface area contributed by atoms with Crippen molar-refractivity contribution in [1.82, 2.24) is 5.32 Å². The molecule has 4 heteroatoms. The second-order valence-corrected chi connectivity index (χ2v) is 4.49. The van der Waals surface area contributed by atoms with Gasteiger partial charge in [0.05, 0.1) is 19.3 Å². The molecule has 1 N–H and O–H groups in total. The first kappa shape index (κ1) is 12.9. The predicted molar refractivity (Wildman–Crippen MR) is 68.3 cm³/mol. The van der Waals surface area contributed by atoms with E-state index in [9.17, 15) is 4.79 Å². The SMILES string of the molecule is CC(NC(=O)OC1CCOCC1)c1ccccc1. The maximum absolute atomic E-state index is 11.7. The zero-order valence-electron chi connectivity index (χ0n) is 10.6. The largest absolute Gasteiger partial charge is 0.446 e. The van der Waals surface area contributed by atoms with Gasteiger partial charge >= 0.3 is 6.09 Å². The van der Waals surface area contributed by atoms with E-state index >= 15 is 0 Å². The maximum Gasteiger partial charge on any atom is 0.407 e. The van der Waals surface area contributed by atoms with Crippen LogP contribution in [-0.2, 0) is 9.47 Å². The summed E-state index contributed by atoms with van der Waals surface area (Å²) < 4.78 is 10.6. The molecule has 1 amide bonds. The van der Waals surface area contributed by atoms with Crippen LogP contribution >= 0.6 is 0 Å². The van der Waals surface area contributed by atoms with E-state index in [0.29, 0.717) is 13.2 Å². The topological polar surface area (TPSA) is 47.6 Å². The summed E-state index contributed by atoms with van der Waals surface area (Å²) in [5.74, 6) is 0. The summed E-state index contributed by atoms with van der Waals surface area (Å²) in [5, 5.41) is 2.84. The Kier molecular flexibility index (Phi) is 4.59. The van der Waals surface area contributed by atoms with Crippen LogP contribution in [-0.4, -0.2) is 25.4 Å². The second-order valence-electron chi connectivity index (χ2n) is 4.49. The number of benzene rings is 1. The zero-order valence-corrected chi connectivity index (χ0v) is 10.6. The third-order valence-electron chi connectivity index (χ3n) is 3.08. The number of rotatable bonds is 3. The van der Waals surface area contributed by atoms with Gasteiger partial charge < -0.3 is 14.8 Å². The van der Waals surface area contributed by atoms with E-state index in [1.165, 1.54) is 0 Å². The summed E-state index contributed by atoms with van der Waals surface area (Å²) in [6.07, 6.45) is 1.21. The van der Waals surface area contributed by atoms with Gasteiger partial charge in [-0.05, 0) is 12.5 Å². The predicted octanol–water partition coefficient (Wildman–Crippen LogP) is 2.65. The van der Waals surface area contributed by atoms with E-state index in [2.05, 4.69) is 5.32 Å². The third kappa shape index (κ3) is 3.74. The molecule has 98 valence electrons. The molecule has 1 aromatic rings. The molecule has 0 saturated carbocycles. The molecule has 1 heterocycles. The van der Waals surface area contributed by atoms with Gasteiger partial charge in [-0.15, -0.1) is 0 Å². The van der Waals surface area contributed by atoms with Gasteiger partial charge in [0.1, 0.15) is 6.10 Å². The minimum atomic E-state index is -0.349. The Morgan fingerprint density at radius 3 is 2.67 bits per heavy atom. The van der Waals surface area contributed by atoms with Crippen molar-refractivity contribution in [3.63, 3.8) is 0 Å². The Morgan fingerprint density at radius 2 is 2.00 bits per heavy atom. The van der Waals surface area contributed by atoms with Crippen molar-refractivity contribution in [2.45, 2.75) is 31.9 Å². The number of hydrogen-bond donors (Lipinski definition) is 1. The normalized spacial score (nSPS) is 18.1. The van der Waals surface area contributed by atoms with Crippen LogP contribution in [0.3, 0.4) is 0 Å². The van der Waals surface area contributed by atoms with Gasteiger partial charge in [0, 0.05) is 12.8 Å². The lowest BCUT2D eigenvalue weighted by molar-refractivity contribution is 0.000936. The van der Waals surface area contributed by atoms with Crippen molar-refractivity contribution >= 4 is 6.09 Å². The number of carbonyl (C=O) groups is 1. The van der Waals surface area contributed by atoms with Crippen LogP contribution < -0.4 is 5.32 Å². The van der Waals surface area contributed by atoms with Crippen LogP contribution in [0.5, 0.6) is 0 Å². The Morgan fingerprint density at radius 1 is 1.33 bits per heavy atom. The van der Waals surface area contributed by atoms with Crippen LogP contribution in [0, 0.1) is 0 Å². The lowest BCUT2D eigenvalue weighted by Gasteiger charge is -2.23. The second kappa shape index (κ2) is 6.40. The van der Waals surface area contributed by atoms with Gasteiger partial charge in [-0.1, -0.05) is 30.3 Å². The summed E-state index contributed by atoms with van der Waals surface area (Å²) in [7, 11) is 0. The molecule has 4 nitrogen and oxygen atoms in total. The Balaban J connectivity index is 1.80. The molecule has 1 aliphatic rings. The summed E-state index contributed by atoms with van der Waals surface area (Å²) in [6.45, 7) is 3.29. The van der Waals surface area contributed by atoms with E-state index in [1.54, 1.807) is 0 Å². The Bertz CT molecular complexity index is 374. The molecule has 1 fully saturated rings. The molecular weight excluding hydrogens is 230 g/mol. The number of ether oxygens (including phenoxy) is 2. The fourth-order valence-corrected chi connectivity index (χ4v) is 1.98. The van der Waals surface area contributed by atoms with Crippen LogP contribution in [0.2, 0.25) is 0 Å². The van der Waals surface area contributed by atoms with E-state index in [4.69, 9.17) is 9.47 Å². The number of hydrogen-bond acceptors (Lipinski definition) is 3. The standard InChI is InChI=1S/C14H19NO3/c1-11(12-5-3-2-4-6-12)15-14(16)18-13-7-9-17-10-8-13/h2-6,11,13H,7-10H2,1H3,(H,15,16). The summed E-state index contributed by atoms with van der Waals surface area (Å²) in [6, 6.07) is 9.79. The highest BCUT2D eigenvalue weighted by Gasteiger charge is 2.19. The molecule has 0 spiro atoms. The van der Waals surface area contributed by atoms with Crippen LogP contribution in [0.25, 0.3) is 0 Å². The van der Waals surface area contributed by atoms with E-state index in [-0.39, 0.29) is 18.2 Å². The molecule has 0 aliphatic carbocycles. The van der Waals surface area contributed by atoms with Crippen molar-refractivity contribution in [3.8, 4) is 0 Å². The van der Waals surface area contributed by atoms with Gasteiger partial charge in [0.15, 0.2) is 0 Å². The minimum absolute atomic E-state index is 0.0123. The van der Waals surface area contributed by atoms with Gasteiger partial charge in [-0.2, -0.15) is 0 Å². The van der Waals surface area contributed by atoms with Gasteiger partial charge in [-0.3, -0.25) is 0 Å². The minimum Gasteiger partial charge on any atom is -0.446 e. The highest BCUT2D eigenvalue weighted by molar-refractivity contribution is 5.68. The molecule has 0 bridgehead atoms. The Hall–Kier alpha value is -1.55. The first-order chi connectivity index (χ1) is 8.75. The highest BCUT2D eigenvalue weighted by Crippen LogP contribution is 2.14. The average molecular weight is 249 g/mol. The van der Waals surface area contributed by atoms with E-state index in [0.717, 1.165) is 18.4 Å². The van der Waals surface area contributed by atoms with Crippen molar-refractivity contribution in [1.29, 1.82) is 0 Å². The molecule has 18 heavy (non-hydrogen) atoms. The monoisotopic (exact) mass is 249 g/mol. The van der Waals surface area contributed by atoms with Crippen LogP contribution in [0.15, 0.2) is 30.3 Å².